The van der Waals surface area contributed by atoms with Crippen molar-refractivity contribution in [2.75, 3.05) is 6.61 Å². The molecule has 0 radical (unpaired) electrons. The van der Waals surface area contributed by atoms with Crippen molar-refractivity contribution >= 4 is 0 Å². The molecule has 2 heterocycles. The Morgan fingerprint density at radius 1 is 1.35 bits per heavy atom. The lowest BCUT2D eigenvalue weighted by Crippen LogP contribution is -2.28. The van der Waals surface area contributed by atoms with Crippen LogP contribution in [-0.2, 0) is 17.6 Å². The predicted molar refractivity (Wildman–Crippen MR) is 77.3 cm³/mol. The molecule has 0 amide bonds. The highest BCUT2D eigenvalue weighted by Gasteiger charge is 2.20. The normalized spacial score (nSPS) is 21.9. The van der Waals surface area contributed by atoms with Gasteiger partial charge in [-0.25, -0.2) is 0 Å². The summed E-state index contributed by atoms with van der Waals surface area (Å²) in [6.07, 6.45) is 6.07. The molecule has 2 rings (SSSR count). The summed E-state index contributed by atoms with van der Waals surface area (Å²) in [6.45, 7) is 7.41. The maximum atomic E-state index is 6.13. The Balaban J connectivity index is 1.82. The second kappa shape index (κ2) is 6.68. The first-order valence-electron chi connectivity index (χ1n) is 7.61. The van der Waals surface area contributed by atoms with Crippen LogP contribution in [0.2, 0.25) is 0 Å². The third kappa shape index (κ3) is 5.21. The molecule has 0 bridgehead atoms. The first kappa shape index (κ1) is 15.4. The Kier molecular flexibility index (Phi) is 5.16. The smallest absolute Gasteiger partial charge is 0.228 e. The largest absolute Gasteiger partial charge is 0.378 e. The number of ether oxygens (including phenoxy) is 1. The summed E-state index contributed by atoms with van der Waals surface area (Å²) in [5.41, 5.74) is 6.35. The van der Waals surface area contributed by atoms with Crippen molar-refractivity contribution < 1.29 is 9.26 Å². The number of hydrogen-bond donors (Lipinski definition) is 1. The molecule has 20 heavy (non-hydrogen) atoms. The highest BCUT2D eigenvalue weighted by Crippen LogP contribution is 2.21. The third-order valence-electron chi connectivity index (χ3n) is 3.51. The van der Waals surface area contributed by atoms with E-state index < -0.39 is 0 Å². The average Bonchev–Trinajstić information content (AvgIpc) is 2.75. The quantitative estimate of drug-likeness (QED) is 0.897. The number of nitrogens with zero attached hydrogens (tertiary/aromatic N) is 2. The van der Waals surface area contributed by atoms with Crippen LogP contribution in [0.4, 0.5) is 0 Å². The molecule has 1 aliphatic rings. The maximum absolute atomic E-state index is 6.13. The maximum Gasteiger partial charge on any atom is 0.228 e. The zero-order chi connectivity index (χ0) is 14.6. The Hall–Kier alpha value is -0.940. The van der Waals surface area contributed by atoms with Gasteiger partial charge in [0.1, 0.15) is 0 Å². The highest BCUT2D eigenvalue weighted by molar-refractivity contribution is 4.92. The molecule has 2 unspecified atom stereocenters. The monoisotopic (exact) mass is 281 g/mol. The minimum Gasteiger partial charge on any atom is -0.378 e. The van der Waals surface area contributed by atoms with E-state index in [1.54, 1.807) is 0 Å². The summed E-state index contributed by atoms with van der Waals surface area (Å²) < 4.78 is 11.0. The average molecular weight is 281 g/mol. The molecule has 1 saturated heterocycles. The molecule has 1 aromatic rings. The van der Waals surface area contributed by atoms with Gasteiger partial charge in [-0.2, -0.15) is 4.98 Å². The summed E-state index contributed by atoms with van der Waals surface area (Å²) in [5.74, 6) is 1.39. The molecule has 114 valence electrons. The van der Waals surface area contributed by atoms with Gasteiger partial charge < -0.3 is 15.0 Å². The lowest BCUT2D eigenvalue weighted by molar-refractivity contribution is 0.0153. The third-order valence-corrected chi connectivity index (χ3v) is 3.51. The van der Waals surface area contributed by atoms with Crippen molar-refractivity contribution in [3.8, 4) is 0 Å². The molecule has 1 aromatic heterocycles. The van der Waals surface area contributed by atoms with Crippen LogP contribution < -0.4 is 5.73 Å². The van der Waals surface area contributed by atoms with Crippen LogP contribution in [-0.4, -0.2) is 28.9 Å². The van der Waals surface area contributed by atoms with Crippen LogP contribution in [0, 0.1) is 5.41 Å². The van der Waals surface area contributed by atoms with E-state index in [4.69, 9.17) is 15.0 Å². The minimum atomic E-state index is 0.0641. The molecule has 2 N–H and O–H groups in total. The first-order valence-corrected chi connectivity index (χ1v) is 7.61. The van der Waals surface area contributed by atoms with E-state index in [0.29, 0.717) is 12.3 Å². The Labute approximate surface area is 121 Å². The Morgan fingerprint density at radius 3 is 2.80 bits per heavy atom. The fourth-order valence-electron chi connectivity index (χ4n) is 2.71. The van der Waals surface area contributed by atoms with Gasteiger partial charge in [-0.3, -0.25) is 0 Å². The van der Waals surface area contributed by atoms with E-state index in [9.17, 15) is 0 Å². The second-order valence-electron chi connectivity index (χ2n) is 7.03. The lowest BCUT2D eigenvalue weighted by atomic mass is 9.87. The van der Waals surface area contributed by atoms with Gasteiger partial charge in [0.15, 0.2) is 5.82 Å². The molecular weight excluding hydrogens is 254 g/mol. The molecule has 0 aromatic carbocycles. The predicted octanol–water partition coefficient (Wildman–Crippen LogP) is 2.49. The van der Waals surface area contributed by atoms with Crippen LogP contribution in [0.25, 0.3) is 0 Å². The summed E-state index contributed by atoms with van der Waals surface area (Å²) in [4.78, 5) is 4.44. The minimum absolute atomic E-state index is 0.0641. The van der Waals surface area contributed by atoms with Crippen LogP contribution in [0.3, 0.4) is 0 Å². The van der Waals surface area contributed by atoms with Crippen molar-refractivity contribution in [2.24, 2.45) is 11.1 Å². The van der Waals surface area contributed by atoms with Crippen molar-refractivity contribution in [1.29, 1.82) is 0 Å². The fraction of sp³-hybridized carbons (Fsp3) is 0.867. The van der Waals surface area contributed by atoms with Gasteiger partial charge in [0, 0.05) is 25.5 Å². The van der Waals surface area contributed by atoms with E-state index >= 15 is 0 Å². The van der Waals surface area contributed by atoms with Gasteiger partial charge >= 0.3 is 0 Å². The van der Waals surface area contributed by atoms with E-state index in [1.165, 1.54) is 6.42 Å². The van der Waals surface area contributed by atoms with Crippen molar-refractivity contribution in [2.45, 2.75) is 71.4 Å². The number of nitrogens with two attached hydrogens (primary N) is 1. The summed E-state index contributed by atoms with van der Waals surface area (Å²) >= 11 is 0. The van der Waals surface area contributed by atoms with Gasteiger partial charge in [0.05, 0.1) is 6.10 Å². The highest BCUT2D eigenvalue weighted by atomic mass is 16.5. The molecule has 1 fully saturated rings. The summed E-state index contributed by atoms with van der Waals surface area (Å²) in [5, 5.41) is 4.04. The van der Waals surface area contributed by atoms with E-state index in [0.717, 1.165) is 38.1 Å². The van der Waals surface area contributed by atoms with Crippen LogP contribution in [0.15, 0.2) is 4.52 Å². The number of rotatable bonds is 5. The summed E-state index contributed by atoms with van der Waals surface area (Å²) in [7, 11) is 0. The van der Waals surface area contributed by atoms with E-state index in [-0.39, 0.29) is 17.6 Å². The SMILES string of the molecule is CC(C)(C)CC(N)Cc1nc(CC2CCCCO2)no1. The van der Waals surface area contributed by atoms with Gasteiger partial charge in [-0.05, 0) is 31.1 Å². The molecule has 0 spiro atoms. The molecule has 5 heteroatoms. The number of aromatic nitrogens is 2. The van der Waals surface area contributed by atoms with Gasteiger partial charge in [-0.15, -0.1) is 0 Å². The molecule has 2 atom stereocenters. The van der Waals surface area contributed by atoms with Crippen molar-refractivity contribution in [3.05, 3.63) is 11.7 Å². The topological polar surface area (TPSA) is 74.2 Å². The molecule has 0 aliphatic carbocycles. The van der Waals surface area contributed by atoms with E-state index in [2.05, 4.69) is 30.9 Å². The zero-order valence-corrected chi connectivity index (χ0v) is 12.9. The van der Waals surface area contributed by atoms with Crippen molar-refractivity contribution in [3.63, 3.8) is 0 Å². The van der Waals surface area contributed by atoms with Crippen LogP contribution in [0.5, 0.6) is 0 Å². The second-order valence-corrected chi connectivity index (χ2v) is 7.03. The fourth-order valence-corrected chi connectivity index (χ4v) is 2.71. The number of hydrogen-bond acceptors (Lipinski definition) is 5. The first-order chi connectivity index (χ1) is 9.42. The lowest BCUT2D eigenvalue weighted by Gasteiger charge is -2.22. The van der Waals surface area contributed by atoms with Crippen LogP contribution >= 0.6 is 0 Å². The van der Waals surface area contributed by atoms with Gasteiger partial charge in [0.2, 0.25) is 5.89 Å². The Bertz CT molecular complexity index is 405. The van der Waals surface area contributed by atoms with Gasteiger partial charge in [0.25, 0.3) is 0 Å². The van der Waals surface area contributed by atoms with Crippen LogP contribution in [0.1, 0.15) is 58.2 Å². The molecule has 5 nitrogen and oxygen atoms in total. The van der Waals surface area contributed by atoms with E-state index in [1.807, 2.05) is 0 Å². The van der Waals surface area contributed by atoms with Crippen molar-refractivity contribution in [1.82, 2.24) is 10.1 Å². The summed E-state index contributed by atoms with van der Waals surface area (Å²) in [6, 6.07) is 0.0641. The standard InChI is InChI=1S/C15H27N3O2/c1-15(2,3)10-11(16)8-14-17-13(18-20-14)9-12-6-4-5-7-19-12/h11-12H,4-10,16H2,1-3H3. The molecular formula is C15H27N3O2. The zero-order valence-electron chi connectivity index (χ0n) is 12.9. The molecule has 0 saturated carbocycles. The Morgan fingerprint density at radius 2 is 2.15 bits per heavy atom. The van der Waals surface area contributed by atoms with Gasteiger partial charge in [-0.1, -0.05) is 25.9 Å². The molecule has 1 aliphatic heterocycles.